The molecule has 0 aliphatic heterocycles. The van der Waals surface area contributed by atoms with E-state index in [0.29, 0.717) is 23.0 Å². The molecule has 0 N–H and O–H groups in total. The lowest BCUT2D eigenvalue weighted by Gasteiger charge is -2.57. The smallest absolute Gasteiger partial charge is 0.155 e. The summed E-state index contributed by atoms with van der Waals surface area (Å²) < 4.78 is 0. The van der Waals surface area contributed by atoms with Gasteiger partial charge in [0.2, 0.25) is 0 Å². The van der Waals surface area contributed by atoms with Gasteiger partial charge in [0.05, 0.1) is 0 Å². The number of carbonyl (C=O) groups excluding carboxylic acids is 1. The molecule has 3 fully saturated rings. The van der Waals surface area contributed by atoms with Crippen LogP contribution in [0.5, 0.6) is 0 Å². The largest absolute Gasteiger partial charge is 0.300 e. The SMILES string of the molecule is C=CC1CC=CC(=O)CCCC2CCC3(CC)C(C12)C1C(C)C1C3(C)C=NC. The highest BCUT2D eigenvalue weighted by Crippen LogP contribution is 2.81. The third-order valence-electron chi connectivity index (χ3n) is 9.72. The molecular formula is C26H39NO. The second kappa shape index (κ2) is 7.26. The van der Waals surface area contributed by atoms with Gasteiger partial charge in [-0.1, -0.05) is 32.9 Å². The van der Waals surface area contributed by atoms with E-state index in [2.05, 4.69) is 50.7 Å². The Labute approximate surface area is 172 Å². The topological polar surface area (TPSA) is 29.4 Å². The van der Waals surface area contributed by atoms with Gasteiger partial charge in [-0.2, -0.15) is 0 Å². The summed E-state index contributed by atoms with van der Waals surface area (Å²) in [4.78, 5) is 16.7. The summed E-state index contributed by atoms with van der Waals surface area (Å²) in [5.41, 5.74) is 0.628. The summed E-state index contributed by atoms with van der Waals surface area (Å²) in [7, 11) is 1.97. The van der Waals surface area contributed by atoms with Gasteiger partial charge in [0.15, 0.2) is 5.78 Å². The lowest BCUT2D eigenvalue weighted by molar-refractivity contribution is -0.115. The van der Waals surface area contributed by atoms with Gasteiger partial charge < -0.3 is 4.99 Å². The van der Waals surface area contributed by atoms with Crippen LogP contribution in [0.3, 0.4) is 0 Å². The Morgan fingerprint density at radius 2 is 2.07 bits per heavy atom. The molecule has 0 radical (unpaired) electrons. The van der Waals surface area contributed by atoms with Crippen molar-refractivity contribution in [1.82, 2.24) is 0 Å². The lowest BCUT2D eigenvalue weighted by Crippen LogP contribution is -2.52. The van der Waals surface area contributed by atoms with Gasteiger partial charge in [-0.05, 0) is 91.4 Å². The van der Waals surface area contributed by atoms with Gasteiger partial charge in [0.25, 0.3) is 0 Å². The van der Waals surface area contributed by atoms with Crippen LogP contribution >= 0.6 is 0 Å². The molecule has 0 amide bonds. The van der Waals surface area contributed by atoms with Crippen molar-refractivity contribution in [2.45, 2.75) is 65.7 Å². The van der Waals surface area contributed by atoms with Crippen molar-refractivity contribution in [2.75, 3.05) is 7.05 Å². The summed E-state index contributed by atoms with van der Waals surface area (Å²) in [6.07, 6.45) is 16.5. The monoisotopic (exact) mass is 381 g/mol. The Kier molecular flexibility index (Phi) is 5.21. The first kappa shape index (κ1) is 20.1. The molecule has 3 saturated carbocycles. The predicted octanol–water partition coefficient (Wildman–Crippen LogP) is 6.13. The number of carbonyl (C=O) groups is 1. The average Bonchev–Trinajstić information content (AvgIpc) is 3.29. The molecule has 0 aromatic rings. The molecule has 154 valence electrons. The molecule has 9 atom stereocenters. The number of hydrogen-bond acceptors (Lipinski definition) is 2. The van der Waals surface area contributed by atoms with Crippen LogP contribution in [0.15, 0.2) is 29.8 Å². The van der Waals surface area contributed by atoms with Crippen molar-refractivity contribution in [1.29, 1.82) is 0 Å². The lowest BCUT2D eigenvalue weighted by atomic mass is 9.47. The minimum Gasteiger partial charge on any atom is -0.300 e. The summed E-state index contributed by atoms with van der Waals surface area (Å²) in [6, 6.07) is 0. The van der Waals surface area contributed by atoms with E-state index in [1.807, 2.05) is 13.1 Å². The van der Waals surface area contributed by atoms with Crippen molar-refractivity contribution in [3.05, 3.63) is 24.8 Å². The molecule has 28 heavy (non-hydrogen) atoms. The maximum Gasteiger partial charge on any atom is 0.155 e. The summed E-state index contributed by atoms with van der Waals surface area (Å²) in [5, 5.41) is 0. The fourth-order valence-corrected chi connectivity index (χ4v) is 8.66. The molecule has 0 aromatic heterocycles. The van der Waals surface area contributed by atoms with Crippen LogP contribution < -0.4 is 0 Å². The molecule has 2 heteroatoms. The number of nitrogens with zero attached hydrogens (tertiary/aromatic N) is 1. The maximum absolute atomic E-state index is 12.1. The number of hydrogen-bond donors (Lipinski definition) is 0. The highest BCUT2D eigenvalue weighted by Gasteiger charge is 2.77. The zero-order chi connectivity index (χ0) is 20.1. The molecule has 2 nitrogen and oxygen atoms in total. The second-order valence-electron chi connectivity index (χ2n) is 10.4. The highest BCUT2D eigenvalue weighted by atomic mass is 16.1. The van der Waals surface area contributed by atoms with Crippen LogP contribution in [0.25, 0.3) is 0 Å². The van der Waals surface area contributed by atoms with Crippen LogP contribution in [0.1, 0.15) is 65.7 Å². The van der Waals surface area contributed by atoms with Crippen LogP contribution in [0.4, 0.5) is 0 Å². The fourth-order valence-electron chi connectivity index (χ4n) is 8.66. The van der Waals surface area contributed by atoms with Gasteiger partial charge in [0.1, 0.15) is 0 Å². The number of ketones is 1. The number of fused-ring (bicyclic) bond motifs is 5. The molecule has 0 heterocycles. The number of aliphatic imine (C=N–C) groups is 1. The van der Waals surface area contributed by atoms with Crippen molar-refractivity contribution in [3.63, 3.8) is 0 Å². The van der Waals surface area contributed by atoms with E-state index in [-0.39, 0.29) is 5.41 Å². The standard InChI is InChI=1S/C26H39NO/c1-6-18-10-8-12-20(28)13-9-11-19-14-15-26(7-2)24(22(18)19)21-17(3)23(21)25(26,4)16-27-5/h6,8,12,16-19,21-24H,1,7,9-11,13-15H2,2-5H3. The zero-order valence-corrected chi connectivity index (χ0v) is 18.4. The van der Waals surface area contributed by atoms with Crippen molar-refractivity contribution < 1.29 is 4.79 Å². The molecule has 4 aliphatic carbocycles. The predicted molar refractivity (Wildman–Crippen MR) is 117 cm³/mol. The zero-order valence-electron chi connectivity index (χ0n) is 18.4. The highest BCUT2D eigenvalue weighted by molar-refractivity contribution is 5.89. The average molecular weight is 382 g/mol. The van der Waals surface area contributed by atoms with Crippen molar-refractivity contribution in [2.24, 2.45) is 57.2 Å². The Hall–Kier alpha value is -1.18. The molecule has 0 bridgehead atoms. The van der Waals surface area contributed by atoms with Gasteiger partial charge in [0, 0.05) is 25.1 Å². The van der Waals surface area contributed by atoms with E-state index in [1.165, 1.54) is 25.7 Å². The first-order valence-electron chi connectivity index (χ1n) is 11.7. The van der Waals surface area contributed by atoms with Crippen LogP contribution in [-0.4, -0.2) is 19.0 Å². The van der Waals surface area contributed by atoms with E-state index in [1.54, 1.807) is 0 Å². The van der Waals surface area contributed by atoms with Gasteiger partial charge in [-0.3, -0.25) is 4.79 Å². The maximum atomic E-state index is 12.1. The van der Waals surface area contributed by atoms with Crippen LogP contribution in [0.2, 0.25) is 0 Å². The van der Waals surface area contributed by atoms with Gasteiger partial charge in [-0.15, -0.1) is 6.58 Å². The van der Waals surface area contributed by atoms with Crippen LogP contribution in [-0.2, 0) is 4.79 Å². The fraction of sp³-hybridized carbons (Fsp3) is 0.769. The van der Waals surface area contributed by atoms with E-state index < -0.39 is 0 Å². The van der Waals surface area contributed by atoms with Gasteiger partial charge in [-0.25, -0.2) is 0 Å². The van der Waals surface area contributed by atoms with Crippen LogP contribution in [0, 0.1) is 52.3 Å². The van der Waals surface area contributed by atoms with E-state index in [0.717, 1.165) is 48.9 Å². The first-order valence-corrected chi connectivity index (χ1v) is 11.7. The minimum atomic E-state index is 0.239. The van der Waals surface area contributed by atoms with E-state index in [4.69, 9.17) is 0 Å². The quantitative estimate of drug-likeness (QED) is 0.427. The molecule has 4 rings (SSSR count). The summed E-state index contributed by atoms with van der Waals surface area (Å²) in [6.45, 7) is 11.7. The number of rotatable bonds is 3. The molecule has 0 spiro atoms. The first-order chi connectivity index (χ1) is 13.4. The molecule has 9 unspecified atom stereocenters. The van der Waals surface area contributed by atoms with Crippen molar-refractivity contribution in [3.8, 4) is 0 Å². The molecule has 0 aromatic carbocycles. The Morgan fingerprint density at radius 3 is 2.75 bits per heavy atom. The Bertz CT molecular complexity index is 693. The van der Waals surface area contributed by atoms with E-state index >= 15 is 0 Å². The Balaban J connectivity index is 1.78. The van der Waals surface area contributed by atoms with Gasteiger partial charge >= 0.3 is 0 Å². The van der Waals surface area contributed by atoms with E-state index in [9.17, 15) is 4.79 Å². The number of allylic oxidation sites excluding steroid dienone is 3. The Morgan fingerprint density at radius 1 is 1.29 bits per heavy atom. The normalized spacial score (nSPS) is 50.7. The molecule has 0 saturated heterocycles. The molecular weight excluding hydrogens is 342 g/mol. The third kappa shape index (κ3) is 2.66. The molecule has 4 aliphatic rings. The third-order valence-corrected chi connectivity index (χ3v) is 9.72. The summed E-state index contributed by atoms with van der Waals surface area (Å²) in [5.74, 6) is 5.54. The summed E-state index contributed by atoms with van der Waals surface area (Å²) >= 11 is 0. The minimum absolute atomic E-state index is 0.239. The second-order valence-corrected chi connectivity index (χ2v) is 10.4. The van der Waals surface area contributed by atoms with Crippen molar-refractivity contribution >= 4 is 12.0 Å².